The second-order valence-corrected chi connectivity index (χ2v) is 5.90. The Kier molecular flexibility index (Phi) is 3.75. The maximum absolute atomic E-state index is 12.1. The maximum atomic E-state index is 12.1. The van der Waals surface area contributed by atoms with Gasteiger partial charge in [-0.05, 0) is 27.2 Å². The van der Waals surface area contributed by atoms with Crippen molar-refractivity contribution in [2.75, 3.05) is 6.54 Å². The van der Waals surface area contributed by atoms with Gasteiger partial charge in [-0.15, -0.1) is 0 Å². The van der Waals surface area contributed by atoms with Crippen molar-refractivity contribution in [2.45, 2.75) is 51.4 Å². The molecule has 0 saturated carbocycles. The van der Waals surface area contributed by atoms with Crippen molar-refractivity contribution in [3.63, 3.8) is 0 Å². The first-order valence-electron chi connectivity index (χ1n) is 6.43. The van der Waals surface area contributed by atoms with E-state index in [0.29, 0.717) is 13.1 Å². The van der Waals surface area contributed by atoms with Crippen molar-refractivity contribution >= 4 is 6.09 Å². The molecule has 19 heavy (non-hydrogen) atoms. The van der Waals surface area contributed by atoms with Crippen molar-refractivity contribution in [1.82, 2.24) is 19.7 Å². The molecule has 0 aromatic carbocycles. The van der Waals surface area contributed by atoms with Gasteiger partial charge in [0.05, 0.1) is 12.6 Å². The zero-order valence-electron chi connectivity index (χ0n) is 11.6. The zero-order valence-corrected chi connectivity index (χ0v) is 11.6. The highest BCUT2D eigenvalue weighted by molar-refractivity contribution is 5.69. The molecule has 1 fully saturated rings. The van der Waals surface area contributed by atoms with Gasteiger partial charge in [-0.2, -0.15) is 5.10 Å². The lowest BCUT2D eigenvalue weighted by Gasteiger charge is -2.28. The van der Waals surface area contributed by atoms with Gasteiger partial charge in [0.15, 0.2) is 0 Å². The van der Waals surface area contributed by atoms with Gasteiger partial charge in [-0.3, -0.25) is 4.68 Å². The number of hydrogen-bond acceptors (Lipinski definition) is 5. The Bertz CT molecular complexity index is 426. The number of nitrogens with zero attached hydrogens (tertiary/aromatic N) is 4. The lowest BCUT2D eigenvalue weighted by atomic mass is 10.2. The van der Waals surface area contributed by atoms with Gasteiger partial charge >= 0.3 is 6.09 Å². The Morgan fingerprint density at radius 1 is 1.53 bits per heavy atom. The van der Waals surface area contributed by atoms with Crippen LogP contribution in [0.25, 0.3) is 0 Å². The topological polar surface area (TPSA) is 86.3 Å². The van der Waals surface area contributed by atoms with Crippen LogP contribution in [0.1, 0.15) is 27.2 Å². The number of likely N-dealkylation sites (tertiary alicyclic amines) is 1. The molecule has 2 atom stereocenters. The number of ether oxygens (including phenoxy) is 1. The molecule has 7 nitrogen and oxygen atoms in total. The average Bonchev–Trinajstić information content (AvgIpc) is 2.86. The highest BCUT2D eigenvalue weighted by Crippen LogP contribution is 2.21. The molecule has 1 aliphatic rings. The first-order valence-corrected chi connectivity index (χ1v) is 6.43. The van der Waals surface area contributed by atoms with Crippen molar-refractivity contribution < 1.29 is 9.53 Å². The second-order valence-electron chi connectivity index (χ2n) is 5.90. The predicted octanol–water partition coefficient (Wildman–Crippen LogP) is 0.615. The Morgan fingerprint density at radius 2 is 2.26 bits per heavy atom. The third-order valence-corrected chi connectivity index (χ3v) is 2.94. The molecule has 0 bridgehead atoms. The summed E-state index contributed by atoms with van der Waals surface area (Å²) in [7, 11) is 0. The van der Waals surface area contributed by atoms with Crippen LogP contribution in [-0.4, -0.2) is 50.0 Å². The third kappa shape index (κ3) is 3.66. The van der Waals surface area contributed by atoms with Crippen LogP contribution in [0.3, 0.4) is 0 Å². The first-order chi connectivity index (χ1) is 8.85. The molecule has 2 rings (SSSR count). The molecule has 0 aliphatic carbocycles. The monoisotopic (exact) mass is 267 g/mol. The Hall–Kier alpha value is -1.63. The first kappa shape index (κ1) is 13.8. The molecule has 2 heterocycles. The number of carbonyl (C=O) groups excluding carboxylic acids is 1. The van der Waals surface area contributed by atoms with Crippen molar-refractivity contribution in [3.8, 4) is 0 Å². The van der Waals surface area contributed by atoms with E-state index >= 15 is 0 Å². The van der Waals surface area contributed by atoms with Gasteiger partial charge in [0.1, 0.15) is 18.3 Å². The molecule has 0 radical (unpaired) electrons. The van der Waals surface area contributed by atoms with E-state index in [-0.39, 0.29) is 18.2 Å². The SMILES string of the molecule is CC(C)(C)OC(=O)N1CC(N)C[C@@H]1Cn1cncn1. The molecule has 2 N–H and O–H groups in total. The number of carbonyl (C=O) groups is 1. The standard InChI is InChI=1S/C12H21N5O2/c1-12(2,3)19-11(18)17-5-9(13)4-10(17)6-16-8-14-7-15-16/h7-10H,4-6,13H2,1-3H3/t9?,10-/m1/s1. The van der Waals surface area contributed by atoms with E-state index in [0.717, 1.165) is 6.42 Å². The van der Waals surface area contributed by atoms with Crippen LogP contribution in [0.15, 0.2) is 12.7 Å². The van der Waals surface area contributed by atoms with Crippen LogP contribution in [0, 0.1) is 0 Å². The lowest BCUT2D eigenvalue weighted by molar-refractivity contribution is 0.0210. The fourth-order valence-electron chi connectivity index (χ4n) is 2.21. The van der Waals surface area contributed by atoms with E-state index in [2.05, 4.69) is 10.1 Å². The van der Waals surface area contributed by atoms with E-state index in [4.69, 9.17) is 10.5 Å². The summed E-state index contributed by atoms with van der Waals surface area (Å²) in [5.74, 6) is 0. The van der Waals surface area contributed by atoms with Gasteiger partial charge in [-0.1, -0.05) is 0 Å². The summed E-state index contributed by atoms with van der Waals surface area (Å²) in [5, 5.41) is 4.06. The van der Waals surface area contributed by atoms with E-state index in [1.807, 2.05) is 20.8 Å². The fourth-order valence-corrected chi connectivity index (χ4v) is 2.21. The normalized spacial score (nSPS) is 23.7. The molecule has 1 unspecified atom stereocenters. The molecule has 106 valence electrons. The van der Waals surface area contributed by atoms with E-state index < -0.39 is 5.60 Å². The average molecular weight is 267 g/mol. The van der Waals surface area contributed by atoms with Crippen LogP contribution >= 0.6 is 0 Å². The number of rotatable bonds is 2. The summed E-state index contributed by atoms with van der Waals surface area (Å²) < 4.78 is 7.11. The highest BCUT2D eigenvalue weighted by atomic mass is 16.6. The summed E-state index contributed by atoms with van der Waals surface area (Å²) in [6.45, 7) is 6.68. The Labute approximate surface area is 112 Å². The minimum atomic E-state index is -0.498. The number of amides is 1. The molecular formula is C12H21N5O2. The van der Waals surface area contributed by atoms with Crippen LogP contribution in [0.2, 0.25) is 0 Å². The molecular weight excluding hydrogens is 246 g/mol. The predicted molar refractivity (Wildman–Crippen MR) is 69.3 cm³/mol. The van der Waals surface area contributed by atoms with Crippen molar-refractivity contribution in [3.05, 3.63) is 12.7 Å². The Morgan fingerprint density at radius 3 is 2.84 bits per heavy atom. The molecule has 1 amide bonds. The van der Waals surface area contributed by atoms with Gasteiger partial charge in [-0.25, -0.2) is 9.78 Å². The highest BCUT2D eigenvalue weighted by Gasteiger charge is 2.36. The maximum Gasteiger partial charge on any atom is 0.410 e. The molecule has 1 aromatic rings. The zero-order chi connectivity index (χ0) is 14.0. The van der Waals surface area contributed by atoms with Gasteiger partial charge < -0.3 is 15.4 Å². The van der Waals surface area contributed by atoms with Gasteiger partial charge in [0, 0.05) is 12.6 Å². The minimum absolute atomic E-state index is 0.00606. The number of hydrogen-bond donors (Lipinski definition) is 1. The minimum Gasteiger partial charge on any atom is -0.444 e. The van der Waals surface area contributed by atoms with Crippen LogP contribution < -0.4 is 5.73 Å². The molecule has 1 aliphatic heterocycles. The van der Waals surface area contributed by atoms with Crippen LogP contribution in [0.5, 0.6) is 0 Å². The van der Waals surface area contributed by atoms with Crippen molar-refractivity contribution in [2.24, 2.45) is 5.73 Å². The molecule has 1 aromatic heterocycles. The third-order valence-electron chi connectivity index (χ3n) is 2.94. The summed E-state index contributed by atoms with van der Waals surface area (Å²) in [6, 6.07) is -0.00686. The summed E-state index contributed by atoms with van der Waals surface area (Å²) in [6.07, 6.45) is 3.55. The lowest BCUT2D eigenvalue weighted by Crippen LogP contribution is -2.42. The number of aromatic nitrogens is 3. The van der Waals surface area contributed by atoms with Crippen molar-refractivity contribution in [1.29, 1.82) is 0 Å². The number of nitrogens with two attached hydrogens (primary N) is 1. The summed E-state index contributed by atoms with van der Waals surface area (Å²) >= 11 is 0. The quantitative estimate of drug-likeness (QED) is 0.848. The van der Waals surface area contributed by atoms with E-state index in [1.54, 1.807) is 15.9 Å². The fraction of sp³-hybridized carbons (Fsp3) is 0.750. The van der Waals surface area contributed by atoms with Crippen LogP contribution in [-0.2, 0) is 11.3 Å². The largest absolute Gasteiger partial charge is 0.444 e. The van der Waals surface area contributed by atoms with E-state index in [9.17, 15) is 4.79 Å². The summed E-state index contributed by atoms with van der Waals surface area (Å²) in [5.41, 5.74) is 5.45. The van der Waals surface area contributed by atoms with E-state index in [1.165, 1.54) is 6.33 Å². The second kappa shape index (κ2) is 5.16. The van der Waals surface area contributed by atoms with Gasteiger partial charge in [0.25, 0.3) is 0 Å². The smallest absolute Gasteiger partial charge is 0.410 e. The van der Waals surface area contributed by atoms with Crippen LogP contribution in [0.4, 0.5) is 4.79 Å². The molecule has 1 saturated heterocycles. The molecule has 0 spiro atoms. The summed E-state index contributed by atoms with van der Waals surface area (Å²) in [4.78, 5) is 17.7. The van der Waals surface area contributed by atoms with Gasteiger partial charge in [0.2, 0.25) is 0 Å². The molecule has 7 heteroatoms. The Balaban J connectivity index is 2.03.